The molecule has 0 saturated carbocycles. The lowest BCUT2D eigenvalue weighted by Gasteiger charge is -2.41. The fourth-order valence-electron chi connectivity index (χ4n) is 6.02. The first-order valence-corrected chi connectivity index (χ1v) is 20.7. The number of aliphatic hydroxyl groups is 3. The van der Waals surface area contributed by atoms with Gasteiger partial charge in [0, 0.05) is 13.0 Å². The van der Waals surface area contributed by atoms with Gasteiger partial charge in [0.1, 0.15) is 30.5 Å². The van der Waals surface area contributed by atoms with Crippen LogP contribution in [0.15, 0.2) is 0 Å². The van der Waals surface area contributed by atoms with Gasteiger partial charge in [0.2, 0.25) is 0 Å². The SMILES string of the molecule is CCCCCCCCCCCCCCCC(=O)OC(COCCCCCCCCCCC)COC1OC(CO)C(O)C(OS(=O)(=O)O)C1O. The molecular formula is C36H70O12S. The van der Waals surface area contributed by atoms with Gasteiger partial charge in [0.25, 0.3) is 0 Å². The van der Waals surface area contributed by atoms with Crippen molar-refractivity contribution in [2.24, 2.45) is 0 Å². The Kier molecular flexibility index (Phi) is 27.9. The molecule has 1 rings (SSSR count). The fourth-order valence-corrected chi connectivity index (χ4v) is 6.53. The zero-order valence-electron chi connectivity index (χ0n) is 30.5. The molecule has 0 aromatic rings. The Morgan fingerprint density at radius 3 is 1.63 bits per heavy atom. The number of esters is 1. The molecule has 49 heavy (non-hydrogen) atoms. The number of hydrogen-bond acceptors (Lipinski definition) is 11. The van der Waals surface area contributed by atoms with Crippen LogP contribution in [0.3, 0.4) is 0 Å². The first-order chi connectivity index (χ1) is 23.6. The lowest BCUT2D eigenvalue weighted by molar-refractivity contribution is -0.301. The lowest BCUT2D eigenvalue weighted by atomic mass is 9.99. The van der Waals surface area contributed by atoms with Gasteiger partial charge < -0.3 is 34.3 Å². The van der Waals surface area contributed by atoms with Crippen molar-refractivity contribution in [3.63, 3.8) is 0 Å². The molecule has 0 bridgehead atoms. The van der Waals surface area contributed by atoms with Gasteiger partial charge in [-0.1, -0.05) is 142 Å². The molecule has 0 amide bonds. The van der Waals surface area contributed by atoms with Crippen LogP contribution in [-0.2, 0) is 38.3 Å². The first kappa shape index (κ1) is 46.1. The van der Waals surface area contributed by atoms with Crippen molar-refractivity contribution in [1.29, 1.82) is 0 Å². The summed E-state index contributed by atoms with van der Waals surface area (Å²) in [5.41, 5.74) is 0. The molecule has 0 aromatic carbocycles. The van der Waals surface area contributed by atoms with Crippen molar-refractivity contribution in [2.75, 3.05) is 26.4 Å². The van der Waals surface area contributed by atoms with E-state index in [0.29, 0.717) is 13.0 Å². The molecule has 6 atom stereocenters. The second kappa shape index (κ2) is 29.7. The molecule has 0 radical (unpaired) electrons. The van der Waals surface area contributed by atoms with Crippen molar-refractivity contribution in [3.05, 3.63) is 0 Å². The predicted molar refractivity (Wildman–Crippen MR) is 188 cm³/mol. The highest BCUT2D eigenvalue weighted by Crippen LogP contribution is 2.26. The van der Waals surface area contributed by atoms with E-state index in [1.165, 1.54) is 96.3 Å². The van der Waals surface area contributed by atoms with E-state index in [-0.39, 0.29) is 19.6 Å². The Bertz CT molecular complexity index is 889. The molecule has 12 nitrogen and oxygen atoms in total. The summed E-state index contributed by atoms with van der Waals surface area (Å²) in [5, 5.41) is 30.5. The zero-order valence-corrected chi connectivity index (χ0v) is 31.3. The number of carbonyl (C=O) groups excluding carboxylic acids is 1. The summed E-state index contributed by atoms with van der Waals surface area (Å²) in [5.74, 6) is -0.398. The number of carbonyl (C=O) groups is 1. The molecule has 1 saturated heterocycles. The number of aliphatic hydroxyl groups excluding tert-OH is 3. The molecule has 292 valence electrons. The van der Waals surface area contributed by atoms with Crippen LogP contribution in [0.4, 0.5) is 0 Å². The minimum absolute atomic E-state index is 0.0428. The first-order valence-electron chi connectivity index (χ1n) is 19.3. The van der Waals surface area contributed by atoms with Crippen molar-refractivity contribution < 1.29 is 56.2 Å². The number of ether oxygens (including phenoxy) is 4. The van der Waals surface area contributed by atoms with Gasteiger partial charge in [-0.2, -0.15) is 8.42 Å². The molecule has 0 spiro atoms. The average Bonchev–Trinajstić information content (AvgIpc) is 3.06. The van der Waals surface area contributed by atoms with Gasteiger partial charge >= 0.3 is 16.4 Å². The molecule has 13 heteroatoms. The molecule has 1 aliphatic rings. The summed E-state index contributed by atoms with van der Waals surface area (Å²) in [6.45, 7) is 3.96. The Balaban J connectivity index is 2.50. The Morgan fingerprint density at radius 2 is 1.16 bits per heavy atom. The number of rotatable bonds is 33. The molecule has 0 aliphatic carbocycles. The number of unbranched alkanes of at least 4 members (excludes halogenated alkanes) is 20. The zero-order chi connectivity index (χ0) is 36.2. The molecular weight excluding hydrogens is 656 g/mol. The quantitative estimate of drug-likeness (QED) is 0.0325. The van der Waals surface area contributed by atoms with Crippen LogP contribution >= 0.6 is 0 Å². The second-order valence-corrected chi connectivity index (χ2v) is 14.6. The maximum atomic E-state index is 12.7. The minimum Gasteiger partial charge on any atom is -0.457 e. The van der Waals surface area contributed by atoms with Crippen molar-refractivity contribution in [3.8, 4) is 0 Å². The van der Waals surface area contributed by atoms with Gasteiger partial charge in [0.15, 0.2) is 6.29 Å². The highest BCUT2D eigenvalue weighted by atomic mass is 32.3. The van der Waals surface area contributed by atoms with Crippen molar-refractivity contribution in [1.82, 2.24) is 0 Å². The monoisotopic (exact) mass is 726 g/mol. The third-order valence-corrected chi connectivity index (χ3v) is 9.44. The van der Waals surface area contributed by atoms with Gasteiger partial charge in [-0.25, -0.2) is 4.18 Å². The largest absolute Gasteiger partial charge is 0.457 e. The smallest absolute Gasteiger partial charge is 0.397 e. The van der Waals surface area contributed by atoms with Gasteiger partial charge in [-0.05, 0) is 12.8 Å². The summed E-state index contributed by atoms with van der Waals surface area (Å²) < 4.78 is 58.7. The molecule has 4 N–H and O–H groups in total. The minimum atomic E-state index is -5.05. The van der Waals surface area contributed by atoms with Gasteiger partial charge in [-0.3, -0.25) is 9.35 Å². The summed E-state index contributed by atoms with van der Waals surface area (Å²) in [6, 6.07) is 0. The Labute approximate surface area is 296 Å². The van der Waals surface area contributed by atoms with E-state index < -0.39 is 59.8 Å². The van der Waals surface area contributed by atoms with Crippen LogP contribution in [0.2, 0.25) is 0 Å². The van der Waals surface area contributed by atoms with Gasteiger partial charge in [0.05, 0.1) is 19.8 Å². The molecule has 1 aliphatic heterocycles. The van der Waals surface area contributed by atoms with E-state index in [9.17, 15) is 28.5 Å². The topological polar surface area (TPSA) is 178 Å². The van der Waals surface area contributed by atoms with E-state index in [0.717, 1.165) is 38.5 Å². The van der Waals surface area contributed by atoms with E-state index in [2.05, 4.69) is 18.0 Å². The van der Waals surface area contributed by atoms with Crippen LogP contribution in [0.5, 0.6) is 0 Å². The lowest BCUT2D eigenvalue weighted by Crippen LogP contribution is -2.60. The molecule has 0 aromatic heterocycles. The highest BCUT2D eigenvalue weighted by molar-refractivity contribution is 7.80. The van der Waals surface area contributed by atoms with Crippen LogP contribution < -0.4 is 0 Å². The van der Waals surface area contributed by atoms with Crippen LogP contribution in [-0.4, -0.2) is 97.5 Å². The fraction of sp³-hybridized carbons (Fsp3) is 0.972. The Morgan fingerprint density at radius 1 is 0.694 bits per heavy atom. The number of hydrogen-bond donors (Lipinski definition) is 4. The standard InChI is InChI=1S/C36H70O12S/c1-3-5-7-9-11-13-14-15-16-17-19-21-23-25-32(38)46-30(28-44-26-24-22-20-18-12-10-8-6-4-2)29-45-36-34(40)35(48-49(41,42)43)33(39)31(27-37)47-36/h30-31,33-37,39-40H,3-29H2,1-2H3,(H,41,42,43). The van der Waals surface area contributed by atoms with Crippen LogP contribution in [0.25, 0.3) is 0 Å². The van der Waals surface area contributed by atoms with Crippen LogP contribution in [0, 0.1) is 0 Å². The summed E-state index contributed by atoms with van der Waals surface area (Å²) in [7, 11) is -5.05. The van der Waals surface area contributed by atoms with Crippen LogP contribution in [0.1, 0.15) is 162 Å². The molecule has 1 fully saturated rings. The second-order valence-electron chi connectivity index (χ2n) is 13.5. The van der Waals surface area contributed by atoms with E-state index in [1.54, 1.807) is 0 Å². The summed E-state index contributed by atoms with van der Waals surface area (Å²) in [4.78, 5) is 12.7. The summed E-state index contributed by atoms with van der Waals surface area (Å²) >= 11 is 0. The maximum absolute atomic E-state index is 12.7. The maximum Gasteiger partial charge on any atom is 0.397 e. The highest BCUT2D eigenvalue weighted by Gasteiger charge is 2.48. The third kappa shape index (κ3) is 24.1. The molecule has 1 heterocycles. The van der Waals surface area contributed by atoms with Gasteiger partial charge in [-0.15, -0.1) is 0 Å². The predicted octanol–water partition coefficient (Wildman–Crippen LogP) is 6.57. The van der Waals surface area contributed by atoms with Crippen molar-refractivity contribution in [2.45, 2.75) is 198 Å². The average molecular weight is 727 g/mol. The summed E-state index contributed by atoms with van der Waals surface area (Å²) in [6.07, 6.45) is 17.2. The third-order valence-electron chi connectivity index (χ3n) is 8.98. The van der Waals surface area contributed by atoms with Crippen molar-refractivity contribution >= 4 is 16.4 Å². The molecule has 6 unspecified atom stereocenters. The van der Waals surface area contributed by atoms with E-state index in [1.807, 2.05) is 0 Å². The van der Waals surface area contributed by atoms with E-state index >= 15 is 0 Å². The Hall–Kier alpha value is -0.900. The van der Waals surface area contributed by atoms with E-state index in [4.69, 9.17) is 23.5 Å². The normalized spacial score (nSPS) is 22.0.